The number of carboxylic acid groups (broad SMARTS) is 1. The fourth-order valence-corrected chi connectivity index (χ4v) is 2.46. The fourth-order valence-electron chi connectivity index (χ4n) is 2.46. The van der Waals surface area contributed by atoms with Crippen molar-refractivity contribution in [2.45, 2.75) is 26.3 Å². The second-order valence-corrected chi connectivity index (χ2v) is 5.73. The van der Waals surface area contributed by atoms with Gasteiger partial charge in [-0.15, -0.1) is 0 Å². The van der Waals surface area contributed by atoms with E-state index in [0.717, 1.165) is 0 Å². The second-order valence-electron chi connectivity index (χ2n) is 5.73. The number of methoxy groups -OCH3 is 1. The lowest BCUT2D eigenvalue weighted by Crippen LogP contribution is -2.54. The van der Waals surface area contributed by atoms with Gasteiger partial charge >= 0.3 is 6.09 Å². The number of nitrogens with one attached hydrogen (secondary N) is 1. The highest BCUT2D eigenvalue weighted by Crippen LogP contribution is 2.46. The third kappa shape index (κ3) is 2.49. The van der Waals surface area contributed by atoms with Crippen molar-refractivity contribution in [1.82, 2.24) is 5.32 Å². The third-order valence-corrected chi connectivity index (χ3v) is 3.46. The van der Waals surface area contributed by atoms with Gasteiger partial charge in [-0.3, -0.25) is 0 Å². The number of hydrogen-bond donors (Lipinski definition) is 2. The lowest BCUT2D eigenvalue weighted by molar-refractivity contribution is 0.105. The van der Waals surface area contributed by atoms with E-state index in [-0.39, 0.29) is 0 Å². The zero-order valence-electron chi connectivity index (χ0n) is 12.5. The summed E-state index contributed by atoms with van der Waals surface area (Å²) < 4.78 is 16.2. The Hall–Kier alpha value is -2.37. The van der Waals surface area contributed by atoms with Crippen LogP contribution in [-0.4, -0.2) is 18.3 Å². The van der Waals surface area contributed by atoms with E-state index in [1.54, 1.807) is 24.3 Å². The van der Waals surface area contributed by atoms with Crippen LogP contribution in [0.15, 0.2) is 39.4 Å². The predicted octanol–water partition coefficient (Wildman–Crippen LogP) is 3.44. The van der Waals surface area contributed by atoms with Gasteiger partial charge in [0.25, 0.3) is 5.95 Å². The smallest absolute Gasteiger partial charge is 0.405 e. The lowest BCUT2D eigenvalue weighted by Gasteiger charge is -2.41. The molecule has 0 aliphatic heterocycles. The Morgan fingerprint density at radius 3 is 2.38 bits per heavy atom. The van der Waals surface area contributed by atoms with Crippen LogP contribution in [0.3, 0.4) is 0 Å². The number of rotatable bonds is 4. The molecule has 2 aromatic heterocycles. The van der Waals surface area contributed by atoms with E-state index in [4.69, 9.17) is 13.6 Å². The first kappa shape index (κ1) is 15.0. The highest BCUT2D eigenvalue weighted by Gasteiger charge is 2.51. The van der Waals surface area contributed by atoms with Crippen molar-refractivity contribution in [2.75, 3.05) is 7.11 Å². The SMILES string of the molecule is COc1ccc(C(NC(=O)O)(c2ccco2)C(C)(C)C)o1. The van der Waals surface area contributed by atoms with Crippen molar-refractivity contribution < 1.29 is 23.5 Å². The molecule has 6 heteroatoms. The first-order valence-corrected chi connectivity index (χ1v) is 6.50. The average Bonchev–Trinajstić information content (AvgIpc) is 3.05. The molecule has 0 saturated carbocycles. The summed E-state index contributed by atoms with van der Waals surface area (Å²) in [6, 6.07) is 6.75. The van der Waals surface area contributed by atoms with E-state index >= 15 is 0 Å². The number of carbonyl (C=O) groups is 1. The van der Waals surface area contributed by atoms with Gasteiger partial charge in [-0.25, -0.2) is 4.79 Å². The van der Waals surface area contributed by atoms with E-state index in [0.29, 0.717) is 17.5 Å². The molecule has 1 unspecified atom stereocenters. The van der Waals surface area contributed by atoms with Gasteiger partial charge in [0, 0.05) is 6.07 Å². The molecule has 6 nitrogen and oxygen atoms in total. The summed E-state index contributed by atoms with van der Waals surface area (Å²) in [7, 11) is 1.49. The zero-order chi connectivity index (χ0) is 15.7. The summed E-state index contributed by atoms with van der Waals surface area (Å²) in [5, 5.41) is 11.9. The maximum absolute atomic E-state index is 11.4. The fraction of sp³-hybridized carbons (Fsp3) is 0.400. The summed E-state index contributed by atoms with van der Waals surface area (Å²) in [5.41, 5.74) is -1.72. The standard InChI is InChI=1S/C15H19NO5/c1-14(2,3)15(16-13(17)18,10-6-5-9-20-10)11-7-8-12(19-4)21-11/h5-9,16H,1-4H3,(H,17,18). The molecule has 2 aromatic rings. The first-order valence-electron chi connectivity index (χ1n) is 6.50. The lowest BCUT2D eigenvalue weighted by atomic mass is 9.70. The van der Waals surface area contributed by atoms with Gasteiger partial charge in [0.2, 0.25) is 0 Å². The molecule has 0 saturated heterocycles. The van der Waals surface area contributed by atoms with Gasteiger partial charge < -0.3 is 24.0 Å². The second kappa shape index (κ2) is 5.20. The monoisotopic (exact) mass is 293 g/mol. The maximum Gasteiger partial charge on any atom is 0.405 e. The molecule has 1 amide bonds. The van der Waals surface area contributed by atoms with Crippen LogP contribution < -0.4 is 10.1 Å². The molecule has 0 radical (unpaired) electrons. The summed E-state index contributed by atoms with van der Waals surface area (Å²) in [5.74, 6) is 1.16. The van der Waals surface area contributed by atoms with Crippen LogP contribution in [0.25, 0.3) is 0 Å². The van der Waals surface area contributed by atoms with Crippen LogP contribution in [0.1, 0.15) is 32.3 Å². The van der Waals surface area contributed by atoms with Crippen molar-refractivity contribution in [3.8, 4) is 5.95 Å². The molecule has 2 rings (SSSR count). The Kier molecular flexibility index (Phi) is 3.72. The Morgan fingerprint density at radius 2 is 1.95 bits per heavy atom. The van der Waals surface area contributed by atoms with Gasteiger partial charge in [-0.1, -0.05) is 20.8 Å². The van der Waals surface area contributed by atoms with Crippen LogP contribution in [-0.2, 0) is 5.54 Å². The van der Waals surface area contributed by atoms with Crippen LogP contribution >= 0.6 is 0 Å². The minimum absolute atomic E-state index is 0.303. The molecule has 114 valence electrons. The minimum atomic E-state index is -1.17. The highest BCUT2D eigenvalue weighted by atomic mass is 16.6. The van der Waals surface area contributed by atoms with Crippen molar-refractivity contribution in [3.05, 3.63) is 42.0 Å². The predicted molar refractivity (Wildman–Crippen MR) is 75.4 cm³/mol. The highest BCUT2D eigenvalue weighted by molar-refractivity contribution is 5.67. The van der Waals surface area contributed by atoms with Crippen LogP contribution in [0, 0.1) is 5.41 Å². The van der Waals surface area contributed by atoms with Gasteiger partial charge in [0.05, 0.1) is 13.4 Å². The van der Waals surface area contributed by atoms with Crippen LogP contribution in [0.4, 0.5) is 4.79 Å². The molecule has 0 spiro atoms. The first-order chi connectivity index (χ1) is 9.81. The summed E-state index contributed by atoms with van der Waals surface area (Å²) in [6.07, 6.45) is 0.330. The van der Waals surface area contributed by atoms with E-state index in [9.17, 15) is 9.90 Å². The van der Waals surface area contributed by atoms with Crippen molar-refractivity contribution >= 4 is 6.09 Å². The van der Waals surface area contributed by atoms with Crippen molar-refractivity contribution in [3.63, 3.8) is 0 Å². The number of furan rings is 2. The maximum atomic E-state index is 11.4. The summed E-state index contributed by atoms with van der Waals surface area (Å²) in [4.78, 5) is 11.4. The molecular weight excluding hydrogens is 274 g/mol. The Balaban J connectivity index is 2.69. The normalized spacial score (nSPS) is 14.5. The summed E-state index contributed by atoms with van der Waals surface area (Å²) in [6.45, 7) is 5.71. The zero-order valence-corrected chi connectivity index (χ0v) is 12.5. The Morgan fingerprint density at radius 1 is 1.24 bits per heavy atom. The Labute approximate surface area is 122 Å². The van der Waals surface area contributed by atoms with Gasteiger partial charge in [-0.05, 0) is 23.6 Å². The third-order valence-electron chi connectivity index (χ3n) is 3.46. The molecule has 0 bridgehead atoms. The molecule has 21 heavy (non-hydrogen) atoms. The van der Waals surface area contributed by atoms with Gasteiger partial charge in [0.1, 0.15) is 11.5 Å². The molecule has 2 heterocycles. The summed E-state index contributed by atoms with van der Waals surface area (Å²) >= 11 is 0. The molecule has 0 aromatic carbocycles. The van der Waals surface area contributed by atoms with Crippen LogP contribution in [0.5, 0.6) is 5.95 Å². The largest absolute Gasteiger partial charge is 0.468 e. The molecule has 0 aliphatic rings. The quantitative estimate of drug-likeness (QED) is 0.902. The van der Waals surface area contributed by atoms with E-state index in [1.807, 2.05) is 20.8 Å². The van der Waals surface area contributed by atoms with Crippen molar-refractivity contribution in [1.29, 1.82) is 0 Å². The molecule has 0 fully saturated rings. The van der Waals surface area contributed by atoms with E-state index < -0.39 is 17.0 Å². The van der Waals surface area contributed by atoms with E-state index in [1.165, 1.54) is 13.4 Å². The molecular formula is C15H19NO5. The topological polar surface area (TPSA) is 84.8 Å². The van der Waals surface area contributed by atoms with Crippen molar-refractivity contribution in [2.24, 2.45) is 5.41 Å². The van der Waals surface area contributed by atoms with Crippen LogP contribution in [0.2, 0.25) is 0 Å². The average molecular weight is 293 g/mol. The molecule has 2 N–H and O–H groups in total. The number of amides is 1. The Bertz CT molecular complexity index is 608. The van der Waals surface area contributed by atoms with Gasteiger partial charge in [-0.2, -0.15) is 0 Å². The number of ether oxygens (including phenoxy) is 1. The number of hydrogen-bond acceptors (Lipinski definition) is 4. The van der Waals surface area contributed by atoms with E-state index in [2.05, 4.69) is 5.32 Å². The molecule has 1 atom stereocenters. The minimum Gasteiger partial charge on any atom is -0.468 e. The van der Waals surface area contributed by atoms with Gasteiger partial charge in [0.15, 0.2) is 5.54 Å². The molecule has 0 aliphatic carbocycles.